The smallest absolute Gasteiger partial charge is 0.251 e. The minimum absolute atomic E-state index is 0.129. The van der Waals surface area contributed by atoms with E-state index in [4.69, 9.17) is 0 Å². The van der Waals surface area contributed by atoms with Crippen molar-refractivity contribution in [3.63, 3.8) is 0 Å². The van der Waals surface area contributed by atoms with Gasteiger partial charge >= 0.3 is 0 Å². The fourth-order valence-corrected chi connectivity index (χ4v) is 4.46. The summed E-state index contributed by atoms with van der Waals surface area (Å²) in [5, 5.41) is 2.04. The van der Waals surface area contributed by atoms with Gasteiger partial charge in [-0.2, -0.15) is 0 Å². The molecule has 1 aliphatic heterocycles. The van der Waals surface area contributed by atoms with Gasteiger partial charge in [0.1, 0.15) is 0 Å². The van der Waals surface area contributed by atoms with E-state index in [0.29, 0.717) is 18.5 Å². The van der Waals surface area contributed by atoms with Gasteiger partial charge in [0.05, 0.1) is 16.5 Å². The van der Waals surface area contributed by atoms with Crippen molar-refractivity contribution in [1.82, 2.24) is 10.2 Å². The zero-order valence-electron chi connectivity index (χ0n) is 14.3. The first-order chi connectivity index (χ1) is 11.1. The van der Waals surface area contributed by atoms with Crippen LogP contribution in [0.1, 0.15) is 37.6 Å². The van der Waals surface area contributed by atoms with Crippen molar-refractivity contribution < 1.29 is 18.0 Å². The van der Waals surface area contributed by atoms with Crippen LogP contribution in [-0.4, -0.2) is 54.8 Å². The monoisotopic (exact) mass is 352 g/mol. The average molecular weight is 352 g/mol. The molecule has 24 heavy (non-hydrogen) atoms. The Morgan fingerprint density at radius 1 is 1.21 bits per heavy atom. The van der Waals surface area contributed by atoms with Crippen molar-refractivity contribution in [3.05, 3.63) is 35.9 Å². The summed E-state index contributed by atoms with van der Waals surface area (Å²) in [6.07, 6.45) is 0.442. The first-order valence-corrected chi connectivity index (χ1v) is 9.52. The Morgan fingerprint density at radius 2 is 1.83 bits per heavy atom. The predicted molar refractivity (Wildman–Crippen MR) is 92.4 cm³/mol. The molecule has 0 unspecified atom stereocenters. The van der Waals surface area contributed by atoms with E-state index in [1.165, 1.54) is 4.90 Å². The molecule has 1 atom stereocenters. The van der Waals surface area contributed by atoms with Crippen LogP contribution in [0.4, 0.5) is 0 Å². The molecule has 1 aliphatic rings. The molecule has 1 heterocycles. The quantitative estimate of drug-likeness (QED) is 0.883. The molecule has 0 bridgehead atoms. The lowest BCUT2D eigenvalue weighted by Gasteiger charge is -2.24. The first-order valence-electron chi connectivity index (χ1n) is 7.97. The van der Waals surface area contributed by atoms with Crippen molar-refractivity contribution >= 4 is 21.7 Å². The van der Waals surface area contributed by atoms with Crippen LogP contribution in [-0.2, 0) is 14.6 Å². The lowest BCUT2D eigenvalue weighted by Crippen LogP contribution is -2.42. The molecule has 0 aromatic heterocycles. The SMILES string of the molecule is CC(C)(C)S(=O)(=O)[C@H]1CCN(C(=O)CNC(=O)c2ccccc2)C1. The van der Waals surface area contributed by atoms with E-state index in [1.807, 2.05) is 6.07 Å². The number of nitrogens with one attached hydrogen (secondary N) is 1. The Morgan fingerprint density at radius 3 is 2.42 bits per heavy atom. The molecule has 7 heteroatoms. The number of rotatable bonds is 4. The molecule has 1 N–H and O–H groups in total. The maximum absolute atomic E-state index is 12.5. The number of benzene rings is 1. The fraction of sp³-hybridized carbons (Fsp3) is 0.529. The van der Waals surface area contributed by atoms with E-state index >= 15 is 0 Å². The largest absolute Gasteiger partial charge is 0.343 e. The zero-order valence-corrected chi connectivity index (χ0v) is 15.1. The van der Waals surface area contributed by atoms with Gasteiger partial charge < -0.3 is 10.2 Å². The molecular formula is C17H24N2O4S. The Bertz CT molecular complexity index is 708. The van der Waals surface area contributed by atoms with Gasteiger partial charge in [0.2, 0.25) is 5.91 Å². The minimum atomic E-state index is -3.30. The predicted octanol–water partition coefficient (Wildman–Crippen LogP) is 1.23. The van der Waals surface area contributed by atoms with Gasteiger partial charge in [-0.05, 0) is 39.3 Å². The summed E-state index contributed by atoms with van der Waals surface area (Å²) >= 11 is 0. The average Bonchev–Trinajstić information content (AvgIpc) is 3.02. The van der Waals surface area contributed by atoms with E-state index in [1.54, 1.807) is 45.0 Å². The normalized spacial score (nSPS) is 18.5. The van der Waals surface area contributed by atoms with Crippen LogP contribution in [0.25, 0.3) is 0 Å². The lowest BCUT2D eigenvalue weighted by atomic mass is 10.2. The van der Waals surface area contributed by atoms with Crippen molar-refractivity contribution in [2.45, 2.75) is 37.2 Å². The zero-order chi connectivity index (χ0) is 18.0. The number of carbonyl (C=O) groups is 2. The molecule has 0 saturated carbocycles. The number of carbonyl (C=O) groups excluding carboxylic acids is 2. The number of sulfone groups is 1. The molecule has 0 radical (unpaired) electrons. The summed E-state index contributed by atoms with van der Waals surface area (Å²) in [6, 6.07) is 8.64. The highest BCUT2D eigenvalue weighted by molar-refractivity contribution is 7.93. The molecule has 1 saturated heterocycles. The van der Waals surface area contributed by atoms with Gasteiger partial charge in [0, 0.05) is 18.7 Å². The van der Waals surface area contributed by atoms with Gasteiger partial charge in [0.25, 0.3) is 5.91 Å². The van der Waals surface area contributed by atoms with Gasteiger partial charge in [-0.1, -0.05) is 18.2 Å². The molecule has 132 valence electrons. The third-order valence-corrected chi connectivity index (χ3v) is 7.20. The molecule has 6 nitrogen and oxygen atoms in total. The van der Waals surface area contributed by atoms with Gasteiger partial charge in [0.15, 0.2) is 9.84 Å². The number of amides is 2. The molecule has 1 fully saturated rings. The van der Waals surface area contributed by atoms with Crippen LogP contribution in [0.5, 0.6) is 0 Å². The fourth-order valence-electron chi connectivity index (χ4n) is 2.67. The third kappa shape index (κ3) is 3.95. The molecule has 0 aliphatic carbocycles. The van der Waals surface area contributed by atoms with Crippen LogP contribution in [0.15, 0.2) is 30.3 Å². The first kappa shape index (κ1) is 18.4. The number of likely N-dealkylation sites (tertiary alicyclic amines) is 1. The summed E-state index contributed by atoms with van der Waals surface area (Å²) < 4.78 is 24.1. The van der Waals surface area contributed by atoms with Crippen molar-refractivity contribution in [2.75, 3.05) is 19.6 Å². The van der Waals surface area contributed by atoms with Crippen LogP contribution in [0.2, 0.25) is 0 Å². The molecule has 1 aromatic carbocycles. The van der Waals surface area contributed by atoms with Gasteiger partial charge in [-0.3, -0.25) is 9.59 Å². The Hall–Kier alpha value is -1.89. The summed E-state index contributed by atoms with van der Waals surface area (Å²) in [6.45, 7) is 5.49. The highest BCUT2D eigenvalue weighted by Gasteiger charge is 2.41. The second-order valence-corrected chi connectivity index (χ2v) is 9.94. The van der Waals surface area contributed by atoms with Crippen LogP contribution in [0.3, 0.4) is 0 Å². The Kier molecular flexibility index (Phi) is 5.32. The highest BCUT2D eigenvalue weighted by Crippen LogP contribution is 2.27. The minimum Gasteiger partial charge on any atom is -0.343 e. The van der Waals surface area contributed by atoms with E-state index in [9.17, 15) is 18.0 Å². The molecule has 0 spiro atoms. The summed E-state index contributed by atoms with van der Waals surface area (Å²) in [4.78, 5) is 25.7. The number of hydrogen-bond donors (Lipinski definition) is 1. The Labute approximate surface area is 143 Å². The van der Waals surface area contributed by atoms with E-state index in [-0.39, 0.29) is 24.9 Å². The van der Waals surface area contributed by atoms with Gasteiger partial charge in [-0.25, -0.2) is 8.42 Å². The van der Waals surface area contributed by atoms with Crippen LogP contribution in [0, 0.1) is 0 Å². The molecule has 2 rings (SSSR count). The van der Waals surface area contributed by atoms with Crippen molar-refractivity contribution in [1.29, 1.82) is 0 Å². The van der Waals surface area contributed by atoms with Crippen molar-refractivity contribution in [2.24, 2.45) is 0 Å². The molecule has 1 aromatic rings. The topological polar surface area (TPSA) is 83.6 Å². The lowest BCUT2D eigenvalue weighted by molar-refractivity contribution is -0.129. The summed E-state index contributed by atoms with van der Waals surface area (Å²) in [7, 11) is -3.30. The van der Waals surface area contributed by atoms with E-state index in [2.05, 4.69) is 5.32 Å². The summed E-state index contributed by atoms with van der Waals surface area (Å²) in [5.74, 6) is -0.576. The number of nitrogens with zero attached hydrogens (tertiary/aromatic N) is 1. The maximum atomic E-state index is 12.5. The van der Waals surface area contributed by atoms with Crippen LogP contribution >= 0.6 is 0 Å². The van der Waals surface area contributed by atoms with Crippen molar-refractivity contribution in [3.8, 4) is 0 Å². The standard InChI is InChI=1S/C17H24N2O4S/c1-17(2,3)24(22,23)14-9-10-19(12-14)15(20)11-18-16(21)13-7-5-4-6-8-13/h4-8,14H,9-12H2,1-3H3,(H,18,21)/t14-/m0/s1. The summed E-state index contributed by atoms with van der Waals surface area (Å²) in [5.41, 5.74) is 0.486. The maximum Gasteiger partial charge on any atom is 0.251 e. The molecule has 2 amide bonds. The van der Waals surface area contributed by atoms with Gasteiger partial charge in [-0.15, -0.1) is 0 Å². The number of hydrogen-bond acceptors (Lipinski definition) is 4. The van der Waals surface area contributed by atoms with E-state index < -0.39 is 19.8 Å². The highest BCUT2D eigenvalue weighted by atomic mass is 32.2. The Balaban J connectivity index is 1.90. The second kappa shape index (κ2) is 6.93. The third-order valence-electron chi connectivity index (χ3n) is 4.23. The second-order valence-electron chi connectivity index (χ2n) is 6.96. The van der Waals surface area contributed by atoms with Crippen LogP contribution < -0.4 is 5.32 Å². The molecular weight excluding hydrogens is 328 g/mol. The van der Waals surface area contributed by atoms with E-state index in [0.717, 1.165) is 0 Å².